The summed E-state index contributed by atoms with van der Waals surface area (Å²) in [4.78, 5) is 16.1. The summed E-state index contributed by atoms with van der Waals surface area (Å²) in [5.74, 6) is -0.0232. The molecule has 2 rings (SSSR count). The minimum absolute atomic E-state index is 0.316. The zero-order chi connectivity index (χ0) is 13.7. The van der Waals surface area contributed by atoms with E-state index in [1.54, 1.807) is 12.1 Å². The van der Waals surface area contributed by atoms with Crippen LogP contribution in [-0.4, -0.2) is 30.8 Å². The molecule has 1 atom stereocenters. The SMILES string of the molecule is CCCc1cc(C(=O)OCC2CCOC2)cc(Cl)n1. The summed E-state index contributed by atoms with van der Waals surface area (Å²) in [6.45, 7) is 3.89. The number of carbonyl (C=O) groups excluding carboxylic acids is 1. The molecule has 0 aliphatic carbocycles. The topological polar surface area (TPSA) is 48.4 Å². The van der Waals surface area contributed by atoms with Gasteiger partial charge >= 0.3 is 5.97 Å². The Labute approximate surface area is 118 Å². The van der Waals surface area contributed by atoms with Crippen LogP contribution in [0.15, 0.2) is 12.1 Å². The van der Waals surface area contributed by atoms with E-state index in [2.05, 4.69) is 11.9 Å². The largest absolute Gasteiger partial charge is 0.462 e. The molecule has 104 valence electrons. The molecule has 1 aliphatic heterocycles. The van der Waals surface area contributed by atoms with E-state index in [1.165, 1.54) is 0 Å². The predicted molar refractivity (Wildman–Crippen MR) is 72.5 cm³/mol. The van der Waals surface area contributed by atoms with Crippen LogP contribution < -0.4 is 0 Å². The van der Waals surface area contributed by atoms with Crippen molar-refractivity contribution in [1.82, 2.24) is 4.98 Å². The van der Waals surface area contributed by atoms with Crippen molar-refractivity contribution in [2.24, 2.45) is 5.92 Å². The summed E-state index contributed by atoms with van der Waals surface area (Å²) in [5.41, 5.74) is 1.30. The van der Waals surface area contributed by atoms with E-state index in [9.17, 15) is 4.79 Å². The second-order valence-electron chi connectivity index (χ2n) is 4.75. The van der Waals surface area contributed by atoms with Crippen molar-refractivity contribution in [2.75, 3.05) is 19.8 Å². The third kappa shape index (κ3) is 4.18. The molecule has 1 saturated heterocycles. The normalized spacial score (nSPS) is 18.5. The molecule has 1 aliphatic rings. The molecule has 2 heterocycles. The van der Waals surface area contributed by atoms with Crippen LogP contribution in [0.3, 0.4) is 0 Å². The summed E-state index contributed by atoms with van der Waals surface area (Å²) in [6, 6.07) is 3.30. The third-order valence-electron chi connectivity index (χ3n) is 3.06. The highest BCUT2D eigenvalue weighted by Gasteiger charge is 2.18. The van der Waals surface area contributed by atoms with Gasteiger partial charge in [-0.2, -0.15) is 0 Å². The lowest BCUT2D eigenvalue weighted by atomic mass is 10.1. The Bertz CT molecular complexity index is 444. The highest BCUT2D eigenvalue weighted by molar-refractivity contribution is 6.29. The molecule has 0 N–H and O–H groups in total. The fourth-order valence-electron chi connectivity index (χ4n) is 2.04. The van der Waals surface area contributed by atoms with E-state index in [1.807, 2.05) is 0 Å². The van der Waals surface area contributed by atoms with Crippen molar-refractivity contribution in [3.05, 3.63) is 28.5 Å². The van der Waals surface area contributed by atoms with Crippen LogP contribution in [0.2, 0.25) is 5.15 Å². The first-order valence-electron chi connectivity index (χ1n) is 6.60. The Kier molecular flexibility index (Phi) is 5.16. The van der Waals surface area contributed by atoms with Crippen molar-refractivity contribution in [1.29, 1.82) is 0 Å². The number of ether oxygens (including phenoxy) is 2. The quantitative estimate of drug-likeness (QED) is 0.616. The van der Waals surface area contributed by atoms with E-state index >= 15 is 0 Å². The van der Waals surface area contributed by atoms with Gasteiger partial charge in [0.05, 0.1) is 18.8 Å². The van der Waals surface area contributed by atoms with E-state index in [0.717, 1.165) is 31.6 Å². The Hall–Kier alpha value is -1.13. The van der Waals surface area contributed by atoms with E-state index < -0.39 is 0 Å². The molecule has 1 aromatic heterocycles. The highest BCUT2D eigenvalue weighted by atomic mass is 35.5. The fourth-order valence-corrected chi connectivity index (χ4v) is 2.27. The van der Waals surface area contributed by atoms with Gasteiger partial charge in [-0.25, -0.2) is 9.78 Å². The molecule has 0 radical (unpaired) electrons. The van der Waals surface area contributed by atoms with Gasteiger partial charge in [-0.1, -0.05) is 24.9 Å². The minimum atomic E-state index is -0.339. The molecule has 0 amide bonds. The molecule has 1 aromatic rings. The van der Waals surface area contributed by atoms with Crippen LogP contribution in [0.4, 0.5) is 0 Å². The van der Waals surface area contributed by atoms with Crippen LogP contribution in [0.5, 0.6) is 0 Å². The van der Waals surface area contributed by atoms with Gasteiger partial charge < -0.3 is 9.47 Å². The second kappa shape index (κ2) is 6.87. The van der Waals surface area contributed by atoms with Crippen LogP contribution in [0.25, 0.3) is 0 Å². The van der Waals surface area contributed by atoms with E-state index in [0.29, 0.717) is 29.8 Å². The lowest BCUT2D eigenvalue weighted by Crippen LogP contribution is -2.14. The zero-order valence-electron chi connectivity index (χ0n) is 11.0. The van der Waals surface area contributed by atoms with E-state index in [4.69, 9.17) is 21.1 Å². The zero-order valence-corrected chi connectivity index (χ0v) is 11.8. The number of halogens is 1. The van der Waals surface area contributed by atoms with E-state index in [-0.39, 0.29) is 5.97 Å². The molecule has 5 heteroatoms. The number of esters is 1. The fraction of sp³-hybridized carbons (Fsp3) is 0.571. The molecular weight excluding hydrogens is 266 g/mol. The summed E-state index contributed by atoms with van der Waals surface area (Å²) < 4.78 is 10.5. The monoisotopic (exact) mass is 283 g/mol. The molecule has 19 heavy (non-hydrogen) atoms. The first-order chi connectivity index (χ1) is 9.19. The Morgan fingerprint density at radius 2 is 2.42 bits per heavy atom. The minimum Gasteiger partial charge on any atom is -0.462 e. The van der Waals surface area contributed by atoms with Crippen molar-refractivity contribution in [3.63, 3.8) is 0 Å². The van der Waals surface area contributed by atoms with Crippen molar-refractivity contribution < 1.29 is 14.3 Å². The first-order valence-corrected chi connectivity index (χ1v) is 6.98. The van der Waals surface area contributed by atoms with Gasteiger partial charge in [0.2, 0.25) is 0 Å². The van der Waals surface area contributed by atoms with Gasteiger partial charge in [0.1, 0.15) is 5.15 Å². The molecule has 0 spiro atoms. The van der Waals surface area contributed by atoms with Gasteiger partial charge in [-0.3, -0.25) is 0 Å². The number of nitrogens with zero attached hydrogens (tertiary/aromatic N) is 1. The molecular formula is C14H18ClNO3. The summed E-state index contributed by atoms with van der Waals surface area (Å²) >= 11 is 5.92. The average Bonchev–Trinajstić information content (AvgIpc) is 2.88. The Morgan fingerprint density at radius 1 is 1.58 bits per heavy atom. The van der Waals surface area contributed by atoms with Crippen LogP contribution in [0.1, 0.15) is 35.8 Å². The molecule has 4 nitrogen and oxygen atoms in total. The third-order valence-corrected chi connectivity index (χ3v) is 3.26. The van der Waals surface area contributed by atoms with Crippen molar-refractivity contribution in [2.45, 2.75) is 26.2 Å². The first kappa shape index (κ1) is 14.3. The number of pyridine rings is 1. The van der Waals surface area contributed by atoms with Crippen LogP contribution in [-0.2, 0) is 15.9 Å². The Morgan fingerprint density at radius 3 is 3.11 bits per heavy atom. The van der Waals surface area contributed by atoms with Gasteiger partial charge in [0.25, 0.3) is 0 Å². The molecule has 0 aromatic carbocycles. The number of carbonyl (C=O) groups is 1. The van der Waals surface area contributed by atoms with Gasteiger partial charge in [0.15, 0.2) is 0 Å². The summed E-state index contributed by atoms with van der Waals surface area (Å²) in [7, 11) is 0. The molecule has 1 unspecified atom stereocenters. The van der Waals surface area contributed by atoms with Crippen LogP contribution in [0, 0.1) is 5.92 Å². The lowest BCUT2D eigenvalue weighted by Gasteiger charge is -2.09. The second-order valence-corrected chi connectivity index (χ2v) is 5.14. The maximum atomic E-state index is 12.0. The standard InChI is InChI=1S/C14H18ClNO3/c1-2-3-12-6-11(7-13(15)16-12)14(17)19-9-10-4-5-18-8-10/h6-7,10H,2-5,8-9H2,1H3. The predicted octanol–water partition coefficient (Wildman–Crippen LogP) is 2.88. The highest BCUT2D eigenvalue weighted by Crippen LogP contribution is 2.16. The van der Waals surface area contributed by atoms with Crippen molar-refractivity contribution >= 4 is 17.6 Å². The van der Waals surface area contributed by atoms with Crippen LogP contribution >= 0.6 is 11.6 Å². The Balaban J connectivity index is 1.97. The molecule has 0 saturated carbocycles. The maximum absolute atomic E-state index is 12.0. The molecule has 0 bridgehead atoms. The summed E-state index contributed by atoms with van der Waals surface area (Å²) in [5, 5.41) is 0.335. The molecule has 1 fully saturated rings. The average molecular weight is 284 g/mol. The van der Waals surface area contributed by atoms with Gasteiger partial charge in [0, 0.05) is 18.2 Å². The van der Waals surface area contributed by atoms with Gasteiger partial charge in [-0.05, 0) is 25.0 Å². The lowest BCUT2D eigenvalue weighted by molar-refractivity contribution is 0.0428. The number of aromatic nitrogens is 1. The number of hydrogen-bond donors (Lipinski definition) is 0. The van der Waals surface area contributed by atoms with Crippen molar-refractivity contribution in [3.8, 4) is 0 Å². The number of aryl methyl sites for hydroxylation is 1. The van der Waals surface area contributed by atoms with Gasteiger partial charge in [-0.15, -0.1) is 0 Å². The number of rotatable bonds is 5. The smallest absolute Gasteiger partial charge is 0.338 e. The summed E-state index contributed by atoms with van der Waals surface area (Å²) in [6.07, 6.45) is 2.71. The number of hydrogen-bond acceptors (Lipinski definition) is 4. The maximum Gasteiger partial charge on any atom is 0.338 e.